The molecule has 0 spiro atoms. The Morgan fingerprint density at radius 1 is 1.15 bits per heavy atom. The lowest BCUT2D eigenvalue weighted by molar-refractivity contribution is 0.194. The topological polar surface area (TPSA) is 71.9 Å². The van der Waals surface area contributed by atoms with Gasteiger partial charge in [0.15, 0.2) is 0 Å². The van der Waals surface area contributed by atoms with Crippen LogP contribution in [0, 0.1) is 0 Å². The minimum absolute atomic E-state index is 0.0736. The van der Waals surface area contributed by atoms with Gasteiger partial charge >= 0.3 is 6.03 Å². The summed E-state index contributed by atoms with van der Waals surface area (Å²) in [5.74, 6) is 1.13. The molecule has 2 aromatic rings. The summed E-state index contributed by atoms with van der Waals surface area (Å²) in [5.41, 5.74) is 1.80. The van der Waals surface area contributed by atoms with Gasteiger partial charge in [-0.25, -0.2) is 9.78 Å². The fourth-order valence-electron chi connectivity index (χ4n) is 3.14. The van der Waals surface area contributed by atoms with Gasteiger partial charge in [-0.2, -0.15) is 0 Å². The van der Waals surface area contributed by atoms with Crippen LogP contribution >= 0.6 is 0 Å². The van der Waals surface area contributed by atoms with Crippen LogP contribution in [0.3, 0.4) is 0 Å². The maximum absolute atomic E-state index is 12.5. The van der Waals surface area contributed by atoms with E-state index < -0.39 is 0 Å². The molecule has 7 nitrogen and oxygen atoms in total. The molecule has 0 atom stereocenters. The summed E-state index contributed by atoms with van der Waals surface area (Å²) in [6, 6.07) is 11.1. The standard InChI is InChI=1S/C19H25N5O2/c1-22(2)18-15(6-5-9-20-18)14-21-19(26)24-12-10-23(11-13-24)16-7-3-4-8-17(16)25/h3-9,25H,10-14H2,1-2H3,(H,21,26). The number of aromatic nitrogens is 1. The lowest BCUT2D eigenvalue weighted by atomic mass is 10.2. The van der Waals surface area contributed by atoms with E-state index in [1.807, 2.05) is 54.2 Å². The Labute approximate surface area is 153 Å². The Bertz CT molecular complexity index is 757. The average Bonchev–Trinajstić information content (AvgIpc) is 2.67. The monoisotopic (exact) mass is 355 g/mol. The predicted molar refractivity (Wildman–Crippen MR) is 103 cm³/mol. The maximum Gasteiger partial charge on any atom is 0.317 e. The van der Waals surface area contributed by atoms with E-state index in [-0.39, 0.29) is 11.8 Å². The lowest BCUT2D eigenvalue weighted by Crippen LogP contribution is -2.51. The predicted octanol–water partition coefficient (Wildman–Crippen LogP) is 1.88. The third-order valence-electron chi connectivity index (χ3n) is 4.51. The molecule has 1 aliphatic heterocycles. The molecule has 0 saturated carbocycles. The van der Waals surface area contributed by atoms with Crippen LogP contribution in [0.4, 0.5) is 16.3 Å². The molecule has 2 amide bonds. The number of piperazine rings is 1. The van der Waals surface area contributed by atoms with Gasteiger partial charge in [-0.3, -0.25) is 0 Å². The van der Waals surface area contributed by atoms with E-state index in [0.717, 1.165) is 17.1 Å². The first-order valence-corrected chi connectivity index (χ1v) is 8.73. The van der Waals surface area contributed by atoms with E-state index >= 15 is 0 Å². The summed E-state index contributed by atoms with van der Waals surface area (Å²) < 4.78 is 0. The van der Waals surface area contributed by atoms with Crippen molar-refractivity contribution in [3.8, 4) is 5.75 Å². The molecule has 2 heterocycles. The second kappa shape index (κ2) is 7.95. The van der Waals surface area contributed by atoms with Crippen LogP contribution in [-0.2, 0) is 6.54 Å². The number of para-hydroxylation sites is 2. The fourth-order valence-corrected chi connectivity index (χ4v) is 3.14. The van der Waals surface area contributed by atoms with Gasteiger partial charge in [0.05, 0.1) is 5.69 Å². The van der Waals surface area contributed by atoms with Crippen LogP contribution in [0.2, 0.25) is 0 Å². The van der Waals surface area contributed by atoms with Crippen molar-refractivity contribution < 1.29 is 9.90 Å². The number of hydrogen-bond acceptors (Lipinski definition) is 5. The fraction of sp³-hybridized carbons (Fsp3) is 0.368. The van der Waals surface area contributed by atoms with Crippen LogP contribution in [0.1, 0.15) is 5.56 Å². The van der Waals surface area contributed by atoms with Crippen molar-refractivity contribution in [2.45, 2.75) is 6.54 Å². The van der Waals surface area contributed by atoms with Crippen molar-refractivity contribution in [3.63, 3.8) is 0 Å². The van der Waals surface area contributed by atoms with E-state index in [0.29, 0.717) is 32.7 Å². The van der Waals surface area contributed by atoms with Gasteiger partial charge in [-0.05, 0) is 18.2 Å². The first-order chi connectivity index (χ1) is 12.6. The molecular formula is C19H25N5O2. The summed E-state index contributed by atoms with van der Waals surface area (Å²) in [5, 5.41) is 13.0. The smallest absolute Gasteiger partial charge is 0.317 e. The number of urea groups is 1. The molecule has 1 saturated heterocycles. The number of pyridine rings is 1. The van der Waals surface area contributed by atoms with Gasteiger partial charge in [-0.15, -0.1) is 0 Å². The minimum atomic E-state index is -0.0736. The maximum atomic E-state index is 12.5. The van der Waals surface area contributed by atoms with Crippen molar-refractivity contribution >= 4 is 17.5 Å². The highest BCUT2D eigenvalue weighted by Crippen LogP contribution is 2.27. The van der Waals surface area contributed by atoms with Crippen LogP contribution in [0.15, 0.2) is 42.6 Å². The summed E-state index contributed by atoms with van der Waals surface area (Å²) in [6.45, 7) is 3.07. The van der Waals surface area contributed by atoms with Gasteiger partial charge in [0.1, 0.15) is 11.6 Å². The molecule has 1 fully saturated rings. The number of phenolic OH excluding ortho intramolecular Hbond substituents is 1. The Kier molecular flexibility index (Phi) is 5.46. The van der Waals surface area contributed by atoms with Gasteiger partial charge in [0.2, 0.25) is 0 Å². The van der Waals surface area contributed by atoms with E-state index in [1.165, 1.54) is 0 Å². The van der Waals surface area contributed by atoms with Crippen LogP contribution in [0.5, 0.6) is 5.75 Å². The number of nitrogens with one attached hydrogen (secondary N) is 1. The van der Waals surface area contributed by atoms with Crippen molar-refractivity contribution in [1.29, 1.82) is 0 Å². The van der Waals surface area contributed by atoms with E-state index in [2.05, 4.69) is 15.2 Å². The third-order valence-corrected chi connectivity index (χ3v) is 4.51. The van der Waals surface area contributed by atoms with Crippen molar-refractivity contribution in [2.24, 2.45) is 0 Å². The normalized spacial score (nSPS) is 14.2. The molecule has 2 N–H and O–H groups in total. The van der Waals surface area contributed by atoms with Gasteiger partial charge in [0, 0.05) is 58.6 Å². The number of rotatable bonds is 4. The first-order valence-electron chi connectivity index (χ1n) is 8.73. The number of carbonyl (C=O) groups excluding carboxylic acids is 1. The molecule has 138 valence electrons. The number of hydrogen-bond donors (Lipinski definition) is 2. The summed E-state index contributed by atoms with van der Waals surface area (Å²) in [6.07, 6.45) is 1.75. The molecule has 1 aromatic carbocycles. The quantitative estimate of drug-likeness (QED) is 0.876. The minimum Gasteiger partial charge on any atom is -0.506 e. The number of anilines is 2. The van der Waals surface area contributed by atoms with Crippen molar-refractivity contribution in [1.82, 2.24) is 15.2 Å². The van der Waals surface area contributed by atoms with Crippen LogP contribution in [0.25, 0.3) is 0 Å². The van der Waals surface area contributed by atoms with Crippen LogP contribution in [-0.4, -0.2) is 61.3 Å². The molecule has 0 radical (unpaired) electrons. The summed E-state index contributed by atoms with van der Waals surface area (Å²) in [7, 11) is 3.87. The zero-order valence-electron chi connectivity index (χ0n) is 15.2. The second-order valence-corrected chi connectivity index (χ2v) is 6.50. The Morgan fingerprint density at radius 2 is 1.88 bits per heavy atom. The highest BCUT2D eigenvalue weighted by molar-refractivity contribution is 5.75. The van der Waals surface area contributed by atoms with E-state index in [1.54, 1.807) is 12.3 Å². The van der Waals surface area contributed by atoms with Gasteiger partial charge in [0.25, 0.3) is 0 Å². The molecule has 7 heteroatoms. The lowest BCUT2D eigenvalue weighted by Gasteiger charge is -2.36. The molecule has 0 bridgehead atoms. The Morgan fingerprint density at radius 3 is 2.58 bits per heavy atom. The third kappa shape index (κ3) is 3.99. The molecule has 1 aromatic heterocycles. The summed E-state index contributed by atoms with van der Waals surface area (Å²) in [4.78, 5) is 22.7. The molecule has 26 heavy (non-hydrogen) atoms. The largest absolute Gasteiger partial charge is 0.506 e. The molecule has 1 aliphatic rings. The molecular weight excluding hydrogens is 330 g/mol. The highest BCUT2D eigenvalue weighted by Gasteiger charge is 2.22. The second-order valence-electron chi connectivity index (χ2n) is 6.50. The SMILES string of the molecule is CN(C)c1ncccc1CNC(=O)N1CCN(c2ccccc2O)CC1. The number of benzene rings is 1. The number of nitrogens with zero attached hydrogens (tertiary/aromatic N) is 4. The van der Waals surface area contributed by atoms with E-state index in [9.17, 15) is 9.90 Å². The number of phenols is 1. The van der Waals surface area contributed by atoms with Crippen molar-refractivity contribution in [3.05, 3.63) is 48.2 Å². The molecule has 0 aliphatic carbocycles. The zero-order chi connectivity index (χ0) is 18.5. The highest BCUT2D eigenvalue weighted by atomic mass is 16.3. The Hall–Kier alpha value is -2.96. The van der Waals surface area contributed by atoms with Gasteiger partial charge in [-0.1, -0.05) is 18.2 Å². The number of carbonyl (C=O) groups is 1. The molecule has 3 rings (SSSR count). The first kappa shape index (κ1) is 17.8. The summed E-state index contributed by atoms with van der Waals surface area (Å²) >= 11 is 0. The Balaban J connectivity index is 1.54. The van der Waals surface area contributed by atoms with Crippen molar-refractivity contribution in [2.75, 3.05) is 50.1 Å². The number of amides is 2. The van der Waals surface area contributed by atoms with E-state index in [4.69, 9.17) is 0 Å². The van der Waals surface area contributed by atoms with Gasteiger partial charge < -0.3 is 25.1 Å². The zero-order valence-corrected chi connectivity index (χ0v) is 15.2. The average molecular weight is 355 g/mol. The molecule has 0 unspecified atom stereocenters. The number of aromatic hydroxyl groups is 1. The van der Waals surface area contributed by atoms with Crippen LogP contribution < -0.4 is 15.1 Å².